The van der Waals surface area contributed by atoms with Crippen molar-refractivity contribution in [3.63, 3.8) is 0 Å². The Labute approximate surface area is 152 Å². The lowest BCUT2D eigenvalue weighted by Crippen LogP contribution is -1.96. The zero-order valence-corrected chi connectivity index (χ0v) is 14.1. The van der Waals surface area contributed by atoms with Crippen LogP contribution < -0.4 is 0 Å². The minimum Gasteiger partial charge on any atom is -0.506 e. The Morgan fingerprint density at radius 2 is 1.92 bits per heavy atom. The first-order valence-corrected chi connectivity index (χ1v) is 7.69. The average Bonchev–Trinajstić information content (AvgIpc) is 2.88. The van der Waals surface area contributed by atoms with Crippen molar-refractivity contribution in [2.45, 2.75) is 6.92 Å². The molecule has 0 spiro atoms. The van der Waals surface area contributed by atoms with Crippen molar-refractivity contribution in [2.24, 2.45) is 10.2 Å². The molecule has 3 aromatic rings. The largest absolute Gasteiger partial charge is 0.506 e. The monoisotopic (exact) mass is 373 g/mol. The molecule has 10 heteroatoms. The van der Waals surface area contributed by atoms with Gasteiger partial charge in [0.1, 0.15) is 11.4 Å². The molecule has 9 nitrogen and oxygen atoms in total. The summed E-state index contributed by atoms with van der Waals surface area (Å²) in [6.45, 7) is 1.61. The number of rotatable bonds is 4. The number of non-ortho nitro benzene ring substituents is 1. The van der Waals surface area contributed by atoms with Crippen molar-refractivity contribution in [1.82, 2.24) is 9.78 Å². The quantitative estimate of drug-likeness (QED) is 0.393. The van der Waals surface area contributed by atoms with Crippen LogP contribution in [0.1, 0.15) is 5.69 Å². The number of nitro benzene ring substituents is 1. The molecule has 0 fully saturated rings. The fourth-order valence-corrected chi connectivity index (χ4v) is 2.44. The van der Waals surface area contributed by atoms with Crippen molar-refractivity contribution in [3.05, 3.63) is 63.3 Å². The Balaban J connectivity index is 2.02. The number of aryl methyl sites for hydroxylation is 1. The molecule has 3 rings (SSSR count). The summed E-state index contributed by atoms with van der Waals surface area (Å²) >= 11 is 6.11. The van der Waals surface area contributed by atoms with E-state index in [9.17, 15) is 20.3 Å². The topological polar surface area (TPSA) is 126 Å². The van der Waals surface area contributed by atoms with Crippen LogP contribution in [0.25, 0.3) is 5.69 Å². The van der Waals surface area contributed by atoms with E-state index in [0.717, 1.165) is 18.2 Å². The van der Waals surface area contributed by atoms with E-state index in [-0.39, 0.29) is 28.7 Å². The van der Waals surface area contributed by atoms with Gasteiger partial charge >= 0.3 is 0 Å². The van der Waals surface area contributed by atoms with E-state index in [1.54, 1.807) is 31.2 Å². The Morgan fingerprint density at radius 3 is 2.62 bits per heavy atom. The molecular formula is C16H12ClN5O4. The summed E-state index contributed by atoms with van der Waals surface area (Å²) in [5.41, 5.74) is 0.509. The van der Waals surface area contributed by atoms with Gasteiger partial charge in [-0.25, -0.2) is 0 Å². The van der Waals surface area contributed by atoms with Crippen molar-refractivity contribution in [1.29, 1.82) is 0 Å². The van der Waals surface area contributed by atoms with Crippen LogP contribution in [0.3, 0.4) is 0 Å². The Hall–Kier alpha value is -3.46. The number of nitrogens with zero attached hydrogens (tertiary/aromatic N) is 5. The fourth-order valence-electron chi connectivity index (χ4n) is 2.22. The maximum Gasteiger partial charge on any atom is 0.271 e. The van der Waals surface area contributed by atoms with Crippen molar-refractivity contribution < 1.29 is 15.1 Å². The number of halogens is 1. The highest BCUT2D eigenvalue weighted by Crippen LogP contribution is 2.37. The minimum atomic E-state index is -0.614. The fraction of sp³-hybridized carbons (Fsp3) is 0.0625. The number of nitro groups is 1. The maximum absolute atomic E-state index is 10.8. The van der Waals surface area contributed by atoms with Crippen LogP contribution in [-0.2, 0) is 0 Å². The third-order valence-electron chi connectivity index (χ3n) is 3.51. The summed E-state index contributed by atoms with van der Waals surface area (Å²) in [4.78, 5) is 10.2. The van der Waals surface area contributed by atoms with Crippen molar-refractivity contribution in [2.75, 3.05) is 0 Å². The average molecular weight is 374 g/mol. The van der Waals surface area contributed by atoms with Gasteiger partial charge in [-0.1, -0.05) is 23.7 Å². The van der Waals surface area contributed by atoms with Crippen molar-refractivity contribution >= 4 is 28.7 Å². The summed E-state index contributed by atoms with van der Waals surface area (Å²) in [5, 5.41) is 43.2. The molecule has 0 radical (unpaired) electrons. The van der Waals surface area contributed by atoms with Crippen LogP contribution in [-0.4, -0.2) is 24.9 Å². The predicted octanol–water partition coefficient (Wildman–Crippen LogP) is 4.57. The van der Waals surface area contributed by atoms with Gasteiger partial charge in [0.05, 0.1) is 21.3 Å². The van der Waals surface area contributed by atoms with E-state index >= 15 is 0 Å². The number of azo groups is 1. The van der Waals surface area contributed by atoms with E-state index < -0.39 is 4.92 Å². The zero-order valence-electron chi connectivity index (χ0n) is 13.4. The first kappa shape index (κ1) is 17.4. The smallest absolute Gasteiger partial charge is 0.271 e. The number of phenols is 1. The van der Waals surface area contributed by atoms with E-state index in [1.165, 1.54) is 4.68 Å². The second-order valence-electron chi connectivity index (χ2n) is 5.25. The van der Waals surface area contributed by atoms with Gasteiger partial charge in [-0.15, -0.1) is 10.2 Å². The molecular weight excluding hydrogens is 362 g/mol. The molecule has 26 heavy (non-hydrogen) atoms. The molecule has 0 bridgehead atoms. The summed E-state index contributed by atoms with van der Waals surface area (Å²) in [6, 6.07) is 10.2. The molecule has 0 aliphatic carbocycles. The second kappa shape index (κ2) is 6.81. The van der Waals surface area contributed by atoms with Crippen LogP contribution in [0.2, 0.25) is 5.02 Å². The number of aromatic nitrogens is 2. The highest BCUT2D eigenvalue weighted by Gasteiger charge is 2.17. The molecule has 2 N–H and O–H groups in total. The highest BCUT2D eigenvalue weighted by molar-refractivity contribution is 6.32. The van der Waals surface area contributed by atoms with E-state index in [4.69, 9.17) is 11.6 Å². The Bertz CT molecular complexity index is 1030. The van der Waals surface area contributed by atoms with Crippen LogP contribution in [0.5, 0.6) is 11.6 Å². The number of hydrogen-bond acceptors (Lipinski definition) is 7. The molecule has 0 aliphatic rings. The first-order valence-electron chi connectivity index (χ1n) is 7.31. The summed E-state index contributed by atoms with van der Waals surface area (Å²) in [6.07, 6.45) is 0. The molecule has 0 unspecified atom stereocenters. The van der Waals surface area contributed by atoms with Gasteiger partial charge in [-0.2, -0.15) is 9.78 Å². The van der Waals surface area contributed by atoms with Gasteiger partial charge < -0.3 is 10.2 Å². The van der Waals surface area contributed by atoms with Gasteiger partial charge in [0, 0.05) is 12.1 Å². The third kappa shape index (κ3) is 3.20. The van der Waals surface area contributed by atoms with Gasteiger partial charge in [-0.05, 0) is 25.1 Å². The summed E-state index contributed by atoms with van der Waals surface area (Å²) in [7, 11) is 0. The third-order valence-corrected chi connectivity index (χ3v) is 3.83. The SMILES string of the molecule is Cc1nn(-c2ccccc2Cl)c(O)c1N=Nc1cc([N+](=O)[O-])ccc1O. The molecule has 132 valence electrons. The predicted molar refractivity (Wildman–Crippen MR) is 93.9 cm³/mol. The number of hydrogen-bond donors (Lipinski definition) is 2. The zero-order chi connectivity index (χ0) is 18.8. The van der Waals surface area contributed by atoms with Gasteiger partial charge in [0.15, 0.2) is 5.69 Å². The lowest BCUT2D eigenvalue weighted by Gasteiger charge is -2.04. The van der Waals surface area contributed by atoms with E-state index in [0.29, 0.717) is 16.4 Å². The number of para-hydroxylation sites is 1. The second-order valence-corrected chi connectivity index (χ2v) is 5.66. The molecule has 0 saturated carbocycles. The normalized spacial score (nSPS) is 11.2. The number of benzene rings is 2. The Morgan fingerprint density at radius 1 is 1.19 bits per heavy atom. The molecule has 0 amide bonds. The van der Waals surface area contributed by atoms with Crippen molar-refractivity contribution in [3.8, 4) is 17.3 Å². The van der Waals surface area contributed by atoms with Crippen LogP contribution >= 0.6 is 11.6 Å². The molecule has 1 heterocycles. The van der Waals surface area contributed by atoms with Gasteiger partial charge in [0.25, 0.3) is 5.69 Å². The Kier molecular flexibility index (Phi) is 4.55. The number of aromatic hydroxyl groups is 2. The number of phenolic OH excluding ortho intramolecular Hbond substituents is 1. The molecule has 0 atom stereocenters. The van der Waals surface area contributed by atoms with Gasteiger partial charge in [0.2, 0.25) is 5.88 Å². The van der Waals surface area contributed by atoms with Crippen LogP contribution in [0, 0.1) is 17.0 Å². The lowest BCUT2D eigenvalue weighted by molar-refractivity contribution is -0.384. The standard InChI is InChI=1S/C16H12ClN5O4/c1-9-15(16(24)21(20-9)13-5-3-2-4-11(13)17)19-18-12-8-10(22(25)26)6-7-14(12)23/h2-8,23-24H,1H3. The lowest BCUT2D eigenvalue weighted by atomic mass is 10.2. The maximum atomic E-state index is 10.8. The van der Waals surface area contributed by atoms with Crippen LogP contribution in [0.4, 0.5) is 17.1 Å². The molecule has 1 aromatic heterocycles. The van der Waals surface area contributed by atoms with E-state index in [1.807, 2.05) is 0 Å². The molecule has 2 aromatic carbocycles. The summed E-state index contributed by atoms with van der Waals surface area (Å²) in [5.74, 6) is -0.584. The van der Waals surface area contributed by atoms with Crippen LogP contribution in [0.15, 0.2) is 52.7 Å². The highest BCUT2D eigenvalue weighted by atomic mass is 35.5. The first-order chi connectivity index (χ1) is 12.4. The van der Waals surface area contributed by atoms with E-state index in [2.05, 4.69) is 15.3 Å². The molecule has 0 saturated heterocycles. The van der Waals surface area contributed by atoms with Gasteiger partial charge in [-0.3, -0.25) is 10.1 Å². The summed E-state index contributed by atoms with van der Waals surface area (Å²) < 4.78 is 1.21. The molecule has 0 aliphatic heterocycles. The minimum absolute atomic E-state index is 0.0517.